The first-order valence-corrected chi connectivity index (χ1v) is 11.8. The van der Waals surface area contributed by atoms with Gasteiger partial charge in [-0.15, -0.1) is 5.10 Å². The number of fused-ring (bicyclic) bond motifs is 2. The quantitative estimate of drug-likeness (QED) is 0.320. The first-order valence-electron chi connectivity index (χ1n) is 11.4. The fourth-order valence-corrected chi connectivity index (χ4v) is 4.59. The number of hydrogen-bond donors (Lipinski definition) is 3. The van der Waals surface area contributed by atoms with Crippen LogP contribution < -0.4 is 10.1 Å². The third-order valence-corrected chi connectivity index (χ3v) is 6.30. The highest BCUT2D eigenvalue weighted by Crippen LogP contribution is 2.28. The Morgan fingerprint density at radius 1 is 1.14 bits per heavy atom. The lowest BCUT2D eigenvalue weighted by atomic mass is 10.1. The number of aliphatic hydroxyl groups is 1. The van der Waals surface area contributed by atoms with Crippen LogP contribution in [0.15, 0.2) is 54.7 Å². The number of aliphatic hydroxyl groups excluding tert-OH is 1. The van der Waals surface area contributed by atoms with Gasteiger partial charge in [-0.25, -0.2) is 18.9 Å². The van der Waals surface area contributed by atoms with Crippen molar-refractivity contribution >= 4 is 40.1 Å². The number of H-pyrrole nitrogens is 1. The van der Waals surface area contributed by atoms with Gasteiger partial charge in [0.25, 0.3) is 5.91 Å². The molecule has 11 heteroatoms. The number of halogens is 2. The predicted molar refractivity (Wildman–Crippen MR) is 132 cm³/mol. The van der Waals surface area contributed by atoms with Gasteiger partial charge in [0.2, 0.25) is 11.8 Å². The van der Waals surface area contributed by atoms with Crippen LogP contribution in [0.25, 0.3) is 27.8 Å². The molecule has 0 aliphatic heterocycles. The number of imidazole rings is 2. The van der Waals surface area contributed by atoms with E-state index in [-0.39, 0.29) is 23.9 Å². The number of anilines is 1. The molecule has 3 N–H and O–H groups in total. The molecular formula is C25H20ClFN6O3. The standard InChI is InChI=1S/C25H20ClFN6O3/c26-15-7-14(8-16(27)10-15)13-1-4-19-20(9-13)30-25(29-19)31-24(35)21-12-33-22(28-21)5-6-23(32-33)36-18-3-2-17(34)11-18/h1,4-10,12,17-18,34H,2-3,11H2,(H2,29,30,31,35)/t17-,18-/m0/s1. The van der Waals surface area contributed by atoms with E-state index in [1.165, 1.54) is 22.8 Å². The van der Waals surface area contributed by atoms with Crippen LogP contribution in [0.5, 0.6) is 5.88 Å². The average molecular weight is 507 g/mol. The molecule has 6 rings (SSSR count). The second-order valence-corrected chi connectivity index (χ2v) is 9.17. The maximum absolute atomic E-state index is 13.8. The second kappa shape index (κ2) is 8.89. The molecule has 9 nitrogen and oxygen atoms in total. The zero-order valence-corrected chi connectivity index (χ0v) is 19.5. The summed E-state index contributed by atoms with van der Waals surface area (Å²) in [5, 5.41) is 17.1. The monoisotopic (exact) mass is 506 g/mol. The number of hydrogen-bond acceptors (Lipinski definition) is 6. The smallest absolute Gasteiger partial charge is 0.278 e. The van der Waals surface area contributed by atoms with Crippen LogP contribution >= 0.6 is 11.6 Å². The van der Waals surface area contributed by atoms with Gasteiger partial charge in [-0.05, 0) is 60.4 Å². The van der Waals surface area contributed by atoms with Crippen LogP contribution in [-0.2, 0) is 0 Å². The van der Waals surface area contributed by atoms with Crippen LogP contribution in [0.3, 0.4) is 0 Å². The molecule has 5 aromatic rings. The summed E-state index contributed by atoms with van der Waals surface area (Å²) in [5.74, 6) is -0.233. The van der Waals surface area contributed by atoms with E-state index in [1.54, 1.807) is 30.3 Å². The summed E-state index contributed by atoms with van der Waals surface area (Å²) < 4.78 is 21.1. The van der Waals surface area contributed by atoms with Gasteiger partial charge in [0, 0.05) is 17.5 Å². The zero-order valence-electron chi connectivity index (χ0n) is 18.8. The maximum Gasteiger partial charge on any atom is 0.278 e. The van der Waals surface area contributed by atoms with E-state index in [0.717, 1.165) is 12.0 Å². The average Bonchev–Trinajstić information content (AvgIpc) is 3.55. The van der Waals surface area contributed by atoms with Gasteiger partial charge in [-0.3, -0.25) is 10.1 Å². The molecule has 3 heterocycles. The molecule has 36 heavy (non-hydrogen) atoms. The molecule has 1 aliphatic carbocycles. The minimum Gasteiger partial charge on any atom is -0.473 e. The molecule has 0 spiro atoms. The van der Waals surface area contributed by atoms with E-state index in [1.807, 2.05) is 6.07 Å². The predicted octanol–water partition coefficient (Wildman–Crippen LogP) is 4.61. The lowest BCUT2D eigenvalue weighted by molar-refractivity contribution is 0.102. The Hall–Kier alpha value is -4.02. The molecule has 2 aromatic carbocycles. The number of aromatic nitrogens is 5. The summed E-state index contributed by atoms with van der Waals surface area (Å²) in [7, 11) is 0. The first-order chi connectivity index (χ1) is 17.4. The third kappa shape index (κ3) is 4.48. The Morgan fingerprint density at radius 3 is 2.83 bits per heavy atom. The van der Waals surface area contributed by atoms with Crippen molar-refractivity contribution in [2.24, 2.45) is 0 Å². The van der Waals surface area contributed by atoms with Crippen LogP contribution in [0.4, 0.5) is 10.3 Å². The van der Waals surface area contributed by atoms with E-state index in [2.05, 4.69) is 25.4 Å². The molecule has 182 valence electrons. The number of nitrogens with zero attached hydrogens (tertiary/aromatic N) is 4. The molecule has 1 fully saturated rings. The van der Waals surface area contributed by atoms with Crippen molar-refractivity contribution in [2.75, 3.05) is 5.32 Å². The molecule has 2 atom stereocenters. The minimum atomic E-state index is -0.460. The highest BCUT2D eigenvalue weighted by Gasteiger charge is 2.25. The van der Waals surface area contributed by atoms with Gasteiger partial charge in [-0.1, -0.05) is 17.7 Å². The Kier molecular flexibility index (Phi) is 5.54. The van der Waals surface area contributed by atoms with Crippen molar-refractivity contribution in [2.45, 2.75) is 31.5 Å². The Balaban J connectivity index is 1.20. The normalized spacial score (nSPS) is 17.6. The number of rotatable bonds is 5. The zero-order chi connectivity index (χ0) is 24.8. The van der Waals surface area contributed by atoms with Gasteiger partial charge in [-0.2, -0.15) is 0 Å². The van der Waals surface area contributed by atoms with Crippen molar-refractivity contribution < 1.29 is 19.0 Å². The molecule has 0 bridgehead atoms. The summed E-state index contributed by atoms with van der Waals surface area (Å²) in [4.78, 5) is 24.6. The summed E-state index contributed by atoms with van der Waals surface area (Å²) >= 11 is 5.98. The summed E-state index contributed by atoms with van der Waals surface area (Å²) in [6, 6.07) is 13.1. The molecule has 0 saturated heterocycles. The fraction of sp³-hybridized carbons (Fsp3) is 0.200. The Morgan fingerprint density at radius 2 is 2.03 bits per heavy atom. The minimum absolute atomic E-state index is 0.0808. The SMILES string of the molecule is O=C(Nc1nc2ccc(-c3cc(F)cc(Cl)c3)cc2[nH]1)c1cn2nc(O[C@H]3CC[C@H](O)C3)ccc2n1. The molecule has 0 radical (unpaired) electrons. The van der Waals surface area contributed by atoms with Crippen molar-refractivity contribution in [3.05, 3.63) is 71.3 Å². The number of nitrogens with one attached hydrogen (secondary N) is 2. The Bertz CT molecular complexity index is 1600. The van der Waals surface area contributed by atoms with E-state index in [4.69, 9.17) is 16.3 Å². The van der Waals surface area contributed by atoms with Gasteiger partial charge in [0.1, 0.15) is 17.6 Å². The van der Waals surface area contributed by atoms with Gasteiger partial charge in [0.05, 0.1) is 23.3 Å². The maximum atomic E-state index is 13.8. The lowest BCUT2D eigenvalue weighted by Gasteiger charge is -2.11. The van der Waals surface area contributed by atoms with Crippen LogP contribution in [0, 0.1) is 5.82 Å². The number of carbonyl (C=O) groups excluding carboxylic acids is 1. The van der Waals surface area contributed by atoms with E-state index >= 15 is 0 Å². The fourth-order valence-electron chi connectivity index (χ4n) is 4.37. The van der Waals surface area contributed by atoms with Gasteiger partial charge < -0.3 is 14.8 Å². The number of aromatic amines is 1. The summed E-state index contributed by atoms with van der Waals surface area (Å²) in [6.45, 7) is 0. The van der Waals surface area contributed by atoms with Crippen LogP contribution in [0.1, 0.15) is 29.8 Å². The first kappa shape index (κ1) is 22.4. The summed E-state index contributed by atoms with van der Waals surface area (Å²) in [6.07, 6.45) is 3.15. The van der Waals surface area contributed by atoms with Crippen molar-refractivity contribution in [1.29, 1.82) is 0 Å². The molecular weight excluding hydrogens is 487 g/mol. The summed E-state index contributed by atoms with van der Waals surface area (Å²) in [5.41, 5.74) is 3.33. The lowest BCUT2D eigenvalue weighted by Crippen LogP contribution is -2.14. The number of ether oxygens (including phenoxy) is 1. The number of carbonyl (C=O) groups is 1. The van der Waals surface area contributed by atoms with Gasteiger partial charge in [0.15, 0.2) is 5.65 Å². The molecule has 1 saturated carbocycles. The number of benzene rings is 2. The van der Waals surface area contributed by atoms with Crippen molar-refractivity contribution in [3.63, 3.8) is 0 Å². The van der Waals surface area contributed by atoms with E-state index < -0.39 is 11.7 Å². The molecule has 1 amide bonds. The molecule has 0 unspecified atom stereocenters. The van der Waals surface area contributed by atoms with Crippen LogP contribution in [-0.4, -0.2) is 47.8 Å². The highest BCUT2D eigenvalue weighted by molar-refractivity contribution is 6.30. The number of amides is 1. The highest BCUT2D eigenvalue weighted by atomic mass is 35.5. The molecule has 1 aliphatic rings. The second-order valence-electron chi connectivity index (χ2n) is 8.74. The van der Waals surface area contributed by atoms with Crippen molar-refractivity contribution in [3.8, 4) is 17.0 Å². The Labute approximate surface area is 208 Å². The van der Waals surface area contributed by atoms with E-state index in [0.29, 0.717) is 46.0 Å². The topological polar surface area (TPSA) is 117 Å². The third-order valence-electron chi connectivity index (χ3n) is 6.08. The largest absolute Gasteiger partial charge is 0.473 e. The van der Waals surface area contributed by atoms with E-state index in [9.17, 15) is 14.3 Å². The molecule has 3 aromatic heterocycles. The van der Waals surface area contributed by atoms with Crippen molar-refractivity contribution in [1.82, 2.24) is 24.6 Å². The van der Waals surface area contributed by atoms with Gasteiger partial charge >= 0.3 is 0 Å². The van der Waals surface area contributed by atoms with Crippen LogP contribution in [0.2, 0.25) is 5.02 Å².